The molecule has 8 nitrogen and oxygen atoms in total. The molecule has 9 heteroatoms. The van der Waals surface area contributed by atoms with Gasteiger partial charge in [-0.3, -0.25) is 5.41 Å². The van der Waals surface area contributed by atoms with Crippen LogP contribution in [0.25, 0.3) is 0 Å². The highest BCUT2D eigenvalue weighted by Gasteiger charge is 2.15. The summed E-state index contributed by atoms with van der Waals surface area (Å²) in [5.41, 5.74) is 18.6. The molecule has 1 aromatic rings. The van der Waals surface area contributed by atoms with Gasteiger partial charge in [-0.2, -0.15) is 10.2 Å². The monoisotopic (exact) mass is 272 g/mol. The molecule has 100 valence electrons. The Hall–Kier alpha value is -2.09. The first-order chi connectivity index (χ1) is 7.84. The van der Waals surface area contributed by atoms with Crippen LogP contribution in [0.15, 0.2) is 10.2 Å². The van der Waals surface area contributed by atoms with Crippen LogP contribution in [0.4, 0.5) is 0 Å². The van der Waals surface area contributed by atoms with Crippen molar-refractivity contribution >= 4 is 30.0 Å². The van der Waals surface area contributed by atoms with E-state index in [9.17, 15) is 0 Å². The first-order valence-electron chi connectivity index (χ1n) is 4.88. The number of guanidine groups is 1. The van der Waals surface area contributed by atoms with Gasteiger partial charge in [0.05, 0.1) is 17.1 Å². The highest BCUT2D eigenvalue weighted by molar-refractivity contribution is 6.01. The largest absolute Gasteiger partial charge is 0.369 e. The van der Waals surface area contributed by atoms with Gasteiger partial charge in [0.25, 0.3) is 0 Å². The minimum Gasteiger partial charge on any atom is -0.369 e. The van der Waals surface area contributed by atoms with Crippen LogP contribution in [0.5, 0.6) is 0 Å². The number of hydrogen-bond acceptors (Lipinski definition) is 4. The summed E-state index contributed by atoms with van der Waals surface area (Å²) < 4.78 is 1.33. The van der Waals surface area contributed by atoms with Crippen LogP contribution in [-0.2, 0) is 0 Å². The Balaban J connectivity index is 0.00000289. The number of hydrogen-bond donors (Lipinski definition) is 4. The van der Waals surface area contributed by atoms with Gasteiger partial charge in [-0.05, 0) is 20.8 Å². The fourth-order valence-electron chi connectivity index (χ4n) is 1.58. The van der Waals surface area contributed by atoms with E-state index in [0.29, 0.717) is 11.4 Å². The van der Waals surface area contributed by atoms with Crippen LogP contribution >= 0.6 is 12.4 Å². The Bertz CT molecular complexity index is 509. The molecule has 1 rings (SSSR count). The van der Waals surface area contributed by atoms with Crippen LogP contribution in [0.3, 0.4) is 0 Å². The number of halogens is 1. The first kappa shape index (κ1) is 15.9. The third-order valence-electron chi connectivity index (χ3n) is 2.20. The fourth-order valence-corrected chi connectivity index (χ4v) is 1.58. The SMILES string of the molecule is CC(=NN=C(N)N)c1c(C)nn(C(=N)N)c1C.Cl. The van der Waals surface area contributed by atoms with E-state index in [1.165, 1.54) is 4.68 Å². The molecule has 0 aliphatic heterocycles. The normalized spacial score (nSPS) is 10.7. The quantitative estimate of drug-likeness (QED) is 0.331. The predicted octanol–water partition coefficient (Wildman–Crippen LogP) is -0.339. The van der Waals surface area contributed by atoms with Crippen molar-refractivity contribution in [3.63, 3.8) is 0 Å². The van der Waals surface area contributed by atoms with Gasteiger partial charge in [-0.25, -0.2) is 4.68 Å². The minimum absolute atomic E-state index is 0. The van der Waals surface area contributed by atoms with Gasteiger partial charge in [0, 0.05) is 5.56 Å². The molecule has 0 aromatic carbocycles. The van der Waals surface area contributed by atoms with Crippen molar-refractivity contribution < 1.29 is 0 Å². The van der Waals surface area contributed by atoms with Gasteiger partial charge >= 0.3 is 0 Å². The van der Waals surface area contributed by atoms with Crippen molar-refractivity contribution in [2.75, 3.05) is 0 Å². The maximum atomic E-state index is 7.37. The van der Waals surface area contributed by atoms with Gasteiger partial charge in [-0.15, -0.1) is 17.5 Å². The number of nitrogen functional groups attached to an aromatic ring is 1. The summed E-state index contributed by atoms with van der Waals surface area (Å²) in [5, 5.41) is 19.0. The van der Waals surface area contributed by atoms with Crippen LogP contribution in [0, 0.1) is 19.3 Å². The molecule has 0 atom stereocenters. The Morgan fingerprint density at radius 3 is 2.17 bits per heavy atom. The van der Waals surface area contributed by atoms with E-state index in [2.05, 4.69) is 15.3 Å². The second-order valence-corrected chi connectivity index (χ2v) is 3.55. The summed E-state index contributed by atoms with van der Waals surface area (Å²) in [5.74, 6) is -0.259. The number of aromatic nitrogens is 2. The van der Waals surface area contributed by atoms with Crippen molar-refractivity contribution in [1.82, 2.24) is 9.78 Å². The van der Waals surface area contributed by atoms with E-state index >= 15 is 0 Å². The molecule has 1 aromatic heterocycles. The Morgan fingerprint density at radius 1 is 1.22 bits per heavy atom. The Morgan fingerprint density at radius 2 is 1.78 bits per heavy atom. The zero-order valence-corrected chi connectivity index (χ0v) is 11.2. The van der Waals surface area contributed by atoms with Crippen LogP contribution < -0.4 is 17.2 Å². The second kappa shape index (κ2) is 6.01. The Labute approximate surface area is 111 Å². The molecule has 0 spiro atoms. The number of nitrogens with zero attached hydrogens (tertiary/aromatic N) is 4. The van der Waals surface area contributed by atoms with E-state index in [-0.39, 0.29) is 24.3 Å². The minimum atomic E-state index is -0.147. The predicted molar refractivity (Wildman–Crippen MR) is 74.3 cm³/mol. The molecular weight excluding hydrogens is 256 g/mol. The van der Waals surface area contributed by atoms with Crippen LogP contribution in [0.2, 0.25) is 0 Å². The average molecular weight is 273 g/mol. The molecule has 0 saturated heterocycles. The summed E-state index contributed by atoms with van der Waals surface area (Å²) in [6, 6.07) is 0. The smallest absolute Gasteiger partial charge is 0.213 e. The zero-order chi connectivity index (χ0) is 13.2. The number of nitrogens with one attached hydrogen (secondary N) is 1. The van der Waals surface area contributed by atoms with Gasteiger partial charge < -0.3 is 17.2 Å². The topological polar surface area (TPSA) is 144 Å². The van der Waals surface area contributed by atoms with Crippen molar-refractivity contribution in [2.45, 2.75) is 20.8 Å². The summed E-state index contributed by atoms with van der Waals surface area (Å²) >= 11 is 0. The molecule has 0 unspecified atom stereocenters. The lowest BCUT2D eigenvalue weighted by atomic mass is 10.1. The summed E-state index contributed by atoms with van der Waals surface area (Å²) in [6.07, 6.45) is 0. The van der Waals surface area contributed by atoms with Crippen LogP contribution in [0.1, 0.15) is 23.9 Å². The molecule has 0 radical (unpaired) electrons. The summed E-state index contributed by atoms with van der Waals surface area (Å²) in [7, 11) is 0. The third kappa shape index (κ3) is 3.20. The second-order valence-electron chi connectivity index (χ2n) is 3.55. The molecule has 0 saturated carbocycles. The number of nitrogens with two attached hydrogens (primary N) is 3. The standard InChI is InChI=1S/C9H16N8.ClH/c1-4(14-15-8(10)11)7-5(2)16-17(6(7)3)9(12)13;/h1-3H3,(H3,12,13)(H4,10,11,15);1H. The van der Waals surface area contributed by atoms with Crippen LogP contribution in [-0.4, -0.2) is 27.4 Å². The molecule has 7 N–H and O–H groups in total. The molecular formula is C9H17ClN8. The fraction of sp³-hybridized carbons (Fsp3) is 0.333. The van der Waals surface area contributed by atoms with E-state index in [4.69, 9.17) is 22.6 Å². The molecule has 0 aliphatic rings. The highest BCUT2D eigenvalue weighted by Crippen LogP contribution is 2.13. The molecule has 0 amide bonds. The average Bonchev–Trinajstić information content (AvgIpc) is 2.51. The Kier molecular flexibility index (Phi) is 5.31. The van der Waals surface area contributed by atoms with E-state index < -0.39 is 0 Å². The zero-order valence-electron chi connectivity index (χ0n) is 10.4. The number of aryl methyl sites for hydroxylation is 1. The van der Waals surface area contributed by atoms with Gasteiger partial charge in [0.15, 0.2) is 0 Å². The lowest BCUT2D eigenvalue weighted by Crippen LogP contribution is -2.23. The number of rotatable bonds is 2. The van der Waals surface area contributed by atoms with E-state index in [0.717, 1.165) is 11.3 Å². The molecule has 1 heterocycles. The molecule has 18 heavy (non-hydrogen) atoms. The third-order valence-corrected chi connectivity index (χ3v) is 2.20. The van der Waals surface area contributed by atoms with Gasteiger partial charge in [-0.1, -0.05) is 0 Å². The van der Waals surface area contributed by atoms with Crippen molar-refractivity contribution in [2.24, 2.45) is 27.4 Å². The molecule has 0 aliphatic carbocycles. The van der Waals surface area contributed by atoms with E-state index in [1.54, 1.807) is 20.8 Å². The maximum Gasteiger partial charge on any atom is 0.213 e. The maximum absolute atomic E-state index is 7.37. The van der Waals surface area contributed by atoms with E-state index in [1.807, 2.05) is 0 Å². The lowest BCUT2D eigenvalue weighted by Gasteiger charge is -2.01. The van der Waals surface area contributed by atoms with Crippen molar-refractivity contribution in [3.05, 3.63) is 17.0 Å². The van der Waals surface area contributed by atoms with Gasteiger partial charge in [0.1, 0.15) is 0 Å². The molecule has 0 fully saturated rings. The van der Waals surface area contributed by atoms with Crippen molar-refractivity contribution in [1.29, 1.82) is 5.41 Å². The van der Waals surface area contributed by atoms with Gasteiger partial charge in [0.2, 0.25) is 11.9 Å². The van der Waals surface area contributed by atoms with Crippen molar-refractivity contribution in [3.8, 4) is 0 Å². The molecule has 0 bridgehead atoms. The summed E-state index contributed by atoms with van der Waals surface area (Å²) in [6.45, 7) is 5.36. The highest BCUT2D eigenvalue weighted by atomic mass is 35.5. The first-order valence-corrected chi connectivity index (χ1v) is 4.88. The summed E-state index contributed by atoms with van der Waals surface area (Å²) in [4.78, 5) is 0. The lowest BCUT2D eigenvalue weighted by molar-refractivity contribution is 0.863.